The second kappa shape index (κ2) is 7.20. The maximum absolute atomic E-state index is 13.3. The first-order valence-electron chi connectivity index (χ1n) is 13.4. The van der Waals surface area contributed by atoms with Gasteiger partial charge in [-0.1, -0.05) is 20.8 Å². The maximum Gasteiger partial charge on any atom is 0.339 e. The number of rotatable bonds is 2. The summed E-state index contributed by atoms with van der Waals surface area (Å²) in [6, 6.07) is 1.79. The lowest BCUT2D eigenvalue weighted by Crippen LogP contribution is -2.76. The number of epoxide rings is 1. The zero-order valence-electron chi connectivity index (χ0n) is 22.2. The number of hydrogen-bond donors (Lipinski definition) is 1. The molecule has 12 atom stereocenters. The molecule has 206 valence electrons. The molecule has 0 amide bonds. The fraction of sp³-hybridized carbons (Fsp3) is 0.750. The van der Waals surface area contributed by atoms with Gasteiger partial charge in [0.1, 0.15) is 23.4 Å². The van der Waals surface area contributed by atoms with Gasteiger partial charge in [0.05, 0.1) is 37.8 Å². The molecule has 1 aromatic rings. The molecule has 6 fully saturated rings. The summed E-state index contributed by atoms with van der Waals surface area (Å²) in [5.41, 5.74) is -3.82. The van der Waals surface area contributed by atoms with Gasteiger partial charge in [-0.05, 0) is 31.7 Å². The number of hydrogen-bond acceptors (Lipinski definition) is 10. The number of ether oxygens (including phenoxy) is 5. The van der Waals surface area contributed by atoms with E-state index < -0.39 is 81.8 Å². The molecule has 10 heteroatoms. The smallest absolute Gasteiger partial charge is 0.339 e. The van der Waals surface area contributed by atoms with E-state index in [4.69, 9.17) is 28.1 Å². The van der Waals surface area contributed by atoms with Crippen molar-refractivity contribution in [1.82, 2.24) is 0 Å². The number of esters is 3. The van der Waals surface area contributed by atoms with Crippen molar-refractivity contribution in [2.24, 2.45) is 28.1 Å². The molecule has 2 saturated carbocycles. The van der Waals surface area contributed by atoms with E-state index in [1.165, 1.54) is 6.92 Å². The van der Waals surface area contributed by atoms with Crippen LogP contribution in [0.5, 0.6) is 0 Å². The third kappa shape index (κ3) is 2.53. The molecule has 2 aliphatic carbocycles. The molecular weight excluding hydrogens is 496 g/mol. The number of carbonyl (C=O) groups is 3. The molecule has 10 nitrogen and oxygen atoms in total. The summed E-state index contributed by atoms with van der Waals surface area (Å²) in [5.74, 6) is -2.15. The predicted octanol–water partition coefficient (Wildman–Crippen LogP) is 2.47. The van der Waals surface area contributed by atoms with E-state index in [0.717, 1.165) is 5.56 Å². The van der Waals surface area contributed by atoms with Crippen molar-refractivity contribution < 1.29 is 47.6 Å². The summed E-state index contributed by atoms with van der Waals surface area (Å²) in [7, 11) is 0. The van der Waals surface area contributed by atoms with Gasteiger partial charge >= 0.3 is 17.9 Å². The fourth-order valence-electron chi connectivity index (χ4n) is 10.1. The van der Waals surface area contributed by atoms with Crippen LogP contribution in [0.15, 0.2) is 23.0 Å². The third-order valence-electron chi connectivity index (χ3n) is 11.4. The lowest BCUT2D eigenvalue weighted by Gasteiger charge is -2.68. The zero-order chi connectivity index (χ0) is 27.0. The number of aliphatic hydroxyl groups excluding tert-OH is 1. The van der Waals surface area contributed by atoms with E-state index in [0.29, 0.717) is 12.8 Å². The molecule has 1 spiro atoms. The van der Waals surface area contributed by atoms with E-state index in [-0.39, 0.29) is 18.9 Å². The first-order chi connectivity index (χ1) is 17.8. The second-order valence-electron chi connectivity index (χ2n) is 13.1. The minimum atomic E-state index is -1.06. The van der Waals surface area contributed by atoms with Crippen molar-refractivity contribution in [2.45, 2.75) is 95.6 Å². The summed E-state index contributed by atoms with van der Waals surface area (Å²) in [6.45, 7) is 9.36. The molecule has 1 aromatic heterocycles. The molecule has 12 unspecified atom stereocenters. The molecule has 5 heterocycles. The Kier molecular flexibility index (Phi) is 4.66. The lowest BCUT2D eigenvalue weighted by molar-refractivity contribution is -0.287. The van der Waals surface area contributed by atoms with Crippen molar-refractivity contribution in [2.75, 3.05) is 6.61 Å². The van der Waals surface area contributed by atoms with Crippen molar-refractivity contribution in [3.63, 3.8) is 0 Å². The fourth-order valence-corrected chi connectivity index (χ4v) is 10.1. The van der Waals surface area contributed by atoms with Gasteiger partial charge in [-0.25, -0.2) is 4.79 Å². The SMILES string of the molecule is CC(=O)OC1CC(=O)OC2(C)COC3C2C1(C)C1CCC2(C)C(c4ccoc4)OC(=O)C4OC42C1(C)C3O. The summed E-state index contributed by atoms with van der Waals surface area (Å²) in [5, 5.41) is 12.3. The average Bonchev–Trinajstić information content (AvgIpc) is 3.26. The van der Waals surface area contributed by atoms with Crippen LogP contribution >= 0.6 is 0 Å². The highest BCUT2D eigenvalue weighted by Gasteiger charge is 2.90. The van der Waals surface area contributed by atoms with Crippen LogP contribution < -0.4 is 0 Å². The minimum absolute atomic E-state index is 0.0915. The van der Waals surface area contributed by atoms with Gasteiger partial charge in [-0.15, -0.1) is 0 Å². The standard InChI is InChI=1S/C28H34O10/c1-13(29)35-16-10-17(30)37-25(3)12-34-18-19(25)26(16,4)15-6-8-24(2)21(14-7-9-33-11-14)36-23(32)22-28(24,38-22)27(15,5)20(18)31/h7,9,11,15-16,18-22,31H,6,8,10,12H2,1-5H3. The second-order valence-corrected chi connectivity index (χ2v) is 13.1. The quantitative estimate of drug-likeness (QED) is 0.345. The first-order valence-corrected chi connectivity index (χ1v) is 13.4. The van der Waals surface area contributed by atoms with Gasteiger partial charge in [0.15, 0.2) is 6.10 Å². The summed E-state index contributed by atoms with van der Waals surface area (Å²) in [6.07, 6.45) is 0.255. The highest BCUT2D eigenvalue weighted by atomic mass is 16.7. The number of furan rings is 1. The Balaban J connectivity index is 1.43. The Morgan fingerprint density at radius 2 is 1.92 bits per heavy atom. The topological polar surface area (TPSA) is 134 Å². The molecule has 0 aromatic carbocycles. The Labute approximate surface area is 220 Å². The number of cyclic esters (lactones) is 1. The van der Waals surface area contributed by atoms with Gasteiger partial charge < -0.3 is 33.2 Å². The number of aliphatic hydroxyl groups is 1. The molecule has 4 saturated heterocycles. The molecule has 0 radical (unpaired) electrons. The minimum Gasteiger partial charge on any atom is -0.472 e. The lowest BCUT2D eigenvalue weighted by atomic mass is 9.36. The zero-order valence-corrected chi connectivity index (χ0v) is 22.2. The molecular formula is C28H34O10. The van der Waals surface area contributed by atoms with Crippen LogP contribution in [0.2, 0.25) is 0 Å². The van der Waals surface area contributed by atoms with E-state index in [2.05, 4.69) is 6.92 Å². The maximum atomic E-state index is 13.3. The number of fused-ring (bicyclic) bond motifs is 2. The third-order valence-corrected chi connectivity index (χ3v) is 11.4. The normalized spacial score (nSPS) is 54.3. The van der Waals surface area contributed by atoms with Crippen LogP contribution in [0.25, 0.3) is 0 Å². The van der Waals surface area contributed by atoms with Gasteiger partial charge in [-0.2, -0.15) is 0 Å². The molecule has 38 heavy (non-hydrogen) atoms. The summed E-state index contributed by atoms with van der Waals surface area (Å²) in [4.78, 5) is 38.7. The molecule has 1 N–H and O–H groups in total. The van der Waals surface area contributed by atoms with Crippen LogP contribution in [-0.2, 0) is 38.1 Å². The van der Waals surface area contributed by atoms with Crippen molar-refractivity contribution in [3.05, 3.63) is 24.2 Å². The largest absolute Gasteiger partial charge is 0.472 e. The van der Waals surface area contributed by atoms with Gasteiger partial charge in [0, 0.05) is 34.7 Å². The molecule has 4 aliphatic heterocycles. The first kappa shape index (κ1) is 24.6. The van der Waals surface area contributed by atoms with Crippen LogP contribution in [0.1, 0.15) is 65.5 Å². The van der Waals surface area contributed by atoms with Crippen LogP contribution in [-0.4, -0.2) is 65.2 Å². The van der Waals surface area contributed by atoms with Crippen LogP contribution in [0, 0.1) is 28.1 Å². The Hall–Kier alpha value is -2.43. The number of carbonyl (C=O) groups excluding carboxylic acids is 3. The predicted molar refractivity (Wildman–Crippen MR) is 126 cm³/mol. The van der Waals surface area contributed by atoms with Gasteiger partial charge in [0.25, 0.3) is 0 Å². The Morgan fingerprint density at radius 3 is 2.61 bits per heavy atom. The average molecular weight is 531 g/mol. The Bertz CT molecular complexity index is 1230. The highest BCUT2D eigenvalue weighted by Crippen LogP contribution is 2.80. The van der Waals surface area contributed by atoms with Gasteiger partial charge in [0.2, 0.25) is 0 Å². The van der Waals surface area contributed by atoms with E-state index in [1.807, 2.05) is 20.8 Å². The monoisotopic (exact) mass is 530 g/mol. The summed E-state index contributed by atoms with van der Waals surface area (Å²) >= 11 is 0. The van der Waals surface area contributed by atoms with E-state index >= 15 is 0 Å². The molecule has 7 rings (SSSR count). The highest BCUT2D eigenvalue weighted by molar-refractivity contribution is 5.82. The van der Waals surface area contributed by atoms with Crippen LogP contribution in [0.3, 0.4) is 0 Å². The van der Waals surface area contributed by atoms with Crippen molar-refractivity contribution in [3.8, 4) is 0 Å². The van der Waals surface area contributed by atoms with Gasteiger partial charge in [-0.3, -0.25) is 9.59 Å². The Morgan fingerprint density at radius 1 is 1.16 bits per heavy atom. The van der Waals surface area contributed by atoms with E-state index in [9.17, 15) is 19.5 Å². The molecule has 6 aliphatic rings. The van der Waals surface area contributed by atoms with Crippen molar-refractivity contribution >= 4 is 17.9 Å². The molecule has 0 bridgehead atoms. The summed E-state index contributed by atoms with van der Waals surface area (Å²) < 4.78 is 35.9. The van der Waals surface area contributed by atoms with Crippen LogP contribution in [0.4, 0.5) is 0 Å². The van der Waals surface area contributed by atoms with Crippen molar-refractivity contribution in [1.29, 1.82) is 0 Å². The van der Waals surface area contributed by atoms with E-state index in [1.54, 1.807) is 18.6 Å².